The van der Waals surface area contributed by atoms with Crippen molar-refractivity contribution in [2.75, 3.05) is 6.61 Å². The molecule has 94 valence electrons. The van der Waals surface area contributed by atoms with E-state index in [9.17, 15) is 9.90 Å². The van der Waals surface area contributed by atoms with Gasteiger partial charge in [0.1, 0.15) is 6.61 Å². The van der Waals surface area contributed by atoms with Crippen molar-refractivity contribution in [2.45, 2.75) is 58.2 Å². The highest BCUT2D eigenvalue weighted by atomic mass is 16.8. The third-order valence-corrected chi connectivity index (χ3v) is 2.27. The molecule has 0 radical (unpaired) electrons. The predicted octanol–water partition coefficient (Wildman–Crippen LogP) is 1.19. The molecule has 1 heterocycles. The van der Waals surface area contributed by atoms with Crippen LogP contribution in [0.4, 0.5) is 0 Å². The first-order valence-corrected chi connectivity index (χ1v) is 5.62. The van der Waals surface area contributed by atoms with Gasteiger partial charge in [-0.15, -0.1) is 0 Å². The van der Waals surface area contributed by atoms with Crippen molar-refractivity contribution in [3.63, 3.8) is 0 Å². The number of rotatable bonds is 5. The van der Waals surface area contributed by atoms with Crippen LogP contribution in [0.5, 0.6) is 0 Å². The molecule has 0 amide bonds. The molecule has 5 heteroatoms. The smallest absolute Gasteiger partial charge is 0.310 e. The fraction of sp³-hybridized carbons (Fsp3) is 0.909. The van der Waals surface area contributed by atoms with E-state index in [0.29, 0.717) is 6.42 Å². The van der Waals surface area contributed by atoms with E-state index >= 15 is 0 Å². The number of hydrogen-bond acceptors (Lipinski definition) is 5. The molecule has 0 aromatic carbocycles. The number of ether oxygens (including phenoxy) is 3. The summed E-state index contributed by atoms with van der Waals surface area (Å²) < 4.78 is 15.6. The quantitative estimate of drug-likeness (QED) is 0.721. The van der Waals surface area contributed by atoms with Gasteiger partial charge in [0.05, 0.1) is 12.5 Å². The van der Waals surface area contributed by atoms with E-state index in [1.54, 1.807) is 13.8 Å². The maximum absolute atomic E-state index is 11.4. The summed E-state index contributed by atoms with van der Waals surface area (Å²) in [7, 11) is 0. The lowest BCUT2D eigenvalue weighted by molar-refractivity contribution is -0.198. The van der Waals surface area contributed by atoms with Gasteiger partial charge < -0.3 is 19.3 Å². The van der Waals surface area contributed by atoms with E-state index in [4.69, 9.17) is 14.2 Å². The fourth-order valence-electron chi connectivity index (χ4n) is 1.53. The molecule has 2 atom stereocenters. The molecular formula is C11H20O5. The van der Waals surface area contributed by atoms with Crippen LogP contribution in [-0.4, -0.2) is 35.9 Å². The molecule has 1 N–H and O–H groups in total. The van der Waals surface area contributed by atoms with E-state index in [0.717, 1.165) is 6.42 Å². The van der Waals surface area contributed by atoms with Crippen LogP contribution in [-0.2, 0) is 19.0 Å². The van der Waals surface area contributed by atoms with Crippen molar-refractivity contribution in [3.8, 4) is 0 Å². The van der Waals surface area contributed by atoms with Gasteiger partial charge in [0.15, 0.2) is 5.79 Å². The zero-order chi connectivity index (χ0) is 12.2. The number of aliphatic hydroxyl groups excluding tert-OH is 1. The average molecular weight is 232 g/mol. The van der Waals surface area contributed by atoms with Crippen molar-refractivity contribution >= 4 is 5.97 Å². The molecule has 0 aliphatic carbocycles. The van der Waals surface area contributed by atoms with E-state index in [-0.39, 0.29) is 13.0 Å². The van der Waals surface area contributed by atoms with Gasteiger partial charge in [0.25, 0.3) is 0 Å². The Balaban J connectivity index is 2.25. The largest absolute Gasteiger partial charge is 0.433 e. The van der Waals surface area contributed by atoms with Crippen LogP contribution in [0.3, 0.4) is 0 Å². The Kier molecular flexibility index (Phi) is 4.70. The molecule has 0 spiro atoms. The topological polar surface area (TPSA) is 65.0 Å². The molecule has 0 bridgehead atoms. The van der Waals surface area contributed by atoms with Gasteiger partial charge in [0.2, 0.25) is 6.29 Å². The van der Waals surface area contributed by atoms with Crippen molar-refractivity contribution in [3.05, 3.63) is 0 Å². The second-order valence-corrected chi connectivity index (χ2v) is 4.39. The van der Waals surface area contributed by atoms with E-state index in [1.165, 1.54) is 0 Å². The molecule has 5 nitrogen and oxygen atoms in total. The highest BCUT2D eigenvalue weighted by molar-refractivity contribution is 5.70. The number of esters is 1. The number of hydrogen-bond donors (Lipinski definition) is 1. The first kappa shape index (κ1) is 13.4. The molecule has 0 aromatic rings. The van der Waals surface area contributed by atoms with Crippen LogP contribution in [0.25, 0.3) is 0 Å². The molecule has 1 fully saturated rings. The number of carbonyl (C=O) groups is 1. The van der Waals surface area contributed by atoms with Crippen LogP contribution in [0, 0.1) is 0 Å². The van der Waals surface area contributed by atoms with Gasteiger partial charge in [-0.3, -0.25) is 4.79 Å². The third-order valence-electron chi connectivity index (χ3n) is 2.27. The SMILES string of the molecule is CCC[C@@H](O)CC(=O)OC1COC(C)(C)O1. The summed E-state index contributed by atoms with van der Waals surface area (Å²) in [5.74, 6) is -1.15. The second kappa shape index (κ2) is 5.61. The Morgan fingerprint density at radius 2 is 2.31 bits per heavy atom. The lowest BCUT2D eigenvalue weighted by Gasteiger charge is -2.17. The standard InChI is InChI=1S/C11H20O5/c1-4-5-8(12)6-9(13)15-10-7-14-11(2,3)16-10/h8,10,12H,4-7H2,1-3H3/t8-,10?/m1/s1. The predicted molar refractivity (Wildman–Crippen MR) is 56.5 cm³/mol. The van der Waals surface area contributed by atoms with Crippen molar-refractivity contribution in [1.29, 1.82) is 0 Å². The molecule has 16 heavy (non-hydrogen) atoms. The lowest BCUT2D eigenvalue weighted by atomic mass is 10.1. The molecule has 1 aliphatic rings. The average Bonchev–Trinajstić information content (AvgIpc) is 2.45. The van der Waals surface area contributed by atoms with E-state index in [2.05, 4.69) is 0 Å². The van der Waals surface area contributed by atoms with E-state index in [1.807, 2.05) is 6.92 Å². The molecule has 1 saturated heterocycles. The van der Waals surface area contributed by atoms with Gasteiger partial charge in [0, 0.05) is 0 Å². The van der Waals surface area contributed by atoms with Crippen molar-refractivity contribution in [2.24, 2.45) is 0 Å². The molecular weight excluding hydrogens is 212 g/mol. The molecule has 0 aromatic heterocycles. The minimum Gasteiger partial charge on any atom is -0.433 e. The minimum absolute atomic E-state index is 0.00806. The van der Waals surface area contributed by atoms with Crippen LogP contribution in [0.1, 0.15) is 40.0 Å². The fourth-order valence-corrected chi connectivity index (χ4v) is 1.53. The molecule has 1 aliphatic heterocycles. The van der Waals surface area contributed by atoms with Crippen LogP contribution >= 0.6 is 0 Å². The van der Waals surface area contributed by atoms with Gasteiger partial charge in [-0.05, 0) is 20.3 Å². The number of carbonyl (C=O) groups excluding carboxylic acids is 1. The first-order chi connectivity index (χ1) is 7.43. The third kappa shape index (κ3) is 4.47. The highest BCUT2D eigenvalue weighted by Gasteiger charge is 2.35. The summed E-state index contributed by atoms with van der Waals surface area (Å²) in [5.41, 5.74) is 0. The zero-order valence-corrected chi connectivity index (χ0v) is 10.1. The summed E-state index contributed by atoms with van der Waals surface area (Å²) in [6, 6.07) is 0. The second-order valence-electron chi connectivity index (χ2n) is 4.39. The Labute approximate surface area is 95.7 Å². The van der Waals surface area contributed by atoms with Gasteiger partial charge in [-0.2, -0.15) is 0 Å². The maximum Gasteiger partial charge on any atom is 0.310 e. The minimum atomic E-state index is -0.701. The molecule has 1 rings (SSSR count). The summed E-state index contributed by atoms with van der Waals surface area (Å²) in [5, 5.41) is 9.42. The zero-order valence-electron chi connectivity index (χ0n) is 10.1. The van der Waals surface area contributed by atoms with Crippen molar-refractivity contribution < 1.29 is 24.1 Å². The lowest BCUT2D eigenvalue weighted by Crippen LogP contribution is -2.26. The summed E-state index contributed by atoms with van der Waals surface area (Å²) >= 11 is 0. The first-order valence-electron chi connectivity index (χ1n) is 5.62. The normalized spacial score (nSPS) is 25.4. The monoisotopic (exact) mass is 232 g/mol. The van der Waals surface area contributed by atoms with Crippen LogP contribution in [0.2, 0.25) is 0 Å². The highest BCUT2D eigenvalue weighted by Crippen LogP contribution is 2.23. The summed E-state index contributed by atoms with van der Waals surface area (Å²) in [6.45, 7) is 5.70. The summed E-state index contributed by atoms with van der Waals surface area (Å²) in [6.07, 6.45) is 0.158. The van der Waals surface area contributed by atoms with Gasteiger partial charge in [-0.1, -0.05) is 13.3 Å². The van der Waals surface area contributed by atoms with Crippen LogP contribution < -0.4 is 0 Å². The van der Waals surface area contributed by atoms with Gasteiger partial charge in [-0.25, -0.2) is 0 Å². The Morgan fingerprint density at radius 3 is 2.81 bits per heavy atom. The van der Waals surface area contributed by atoms with Crippen molar-refractivity contribution in [1.82, 2.24) is 0 Å². The number of aliphatic hydroxyl groups is 1. The summed E-state index contributed by atoms with van der Waals surface area (Å²) in [4.78, 5) is 11.4. The van der Waals surface area contributed by atoms with Crippen LogP contribution in [0.15, 0.2) is 0 Å². The van der Waals surface area contributed by atoms with Gasteiger partial charge >= 0.3 is 5.97 Å². The Hall–Kier alpha value is -0.650. The maximum atomic E-state index is 11.4. The van der Waals surface area contributed by atoms with E-state index < -0.39 is 24.2 Å². The molecule has 0 saturated carbocycles. The Morgan fingerprint density at radius 1 is 1.62 bits per heavy atom. The Bertz CT molecular complexity index is 239. The molecule has 1 unspecified atom stereocenters.